The summed E-state index contributed by atoms with van der Waals surface area (Å²) in [6.45, 7) is 3.28. The fourth-order valence-electron chi connectivity index (χ4n) is 1.03. The van der Waals surface area contributed by atoms with Crippen LogP contribution in [0.5, 0.6) is 0 Å². The summed E-state index contributed by atoms with van der Waals surface area (Å²) in [7, 11) is -3.76. The average molecular weight is 233 g/mol. The zero-order valence-electron chi connectivity index (χ0n) is 7.92. The van der Waals surface area contributed by atoms with E-state index in [1.54, 1.807) is 0 Å². The molecule has 0 aliphatic rings. The van der Waals surface area contributed by atoms with Gasteiger partial charge in [0.25, 0.3) is 0 Å². The molecule has 0 atom stereocenters. The number of hydrogen-bond acceptors (Lipinski definition) is 3. The van der Waals surface area contributed by atoms with E-state index in [2.05, 4.69) is 11.9 Å². The Kier molecular flexibility index (Phi) is 3.09. The molecule has 0 aliphatic carbocycles. The van der Waals surface area contributed by atoms with Gasteiger partial charge in [-0.2, -0.15) is 0 Å². The number of nitrogens with one attached hydrogen (secondary N) is 1. The van der Waals surface area contributed by atoms with Crippen molar-refractivity contribution < 1.29 is 17.2 Å². The molecule has 0 bridgehead atoms. The Labute approximate surface area is 86.3 Å². The third-order valence-corrected chi connectivity index (χ3v) is 2.79. The maximum atomic E-state index is 13.2. The lowest BCUT2D eigenvalue weighted by atomic mass is 10.3. The molecule has 0 aliphatic heterocycles. The van der Waals surface area contributed by atoms with E-state index in [0.717, 1.165) is 18.5 Å². The number of halogens is 2. The second-order valence-corrected chi connectivity index (χ2v) is 4.87. The Morgan fingerprint density at radius 3 is 2.40 bits per heavy atom. The Bertz CT molecular complexity index is 497. The van der Waals surface area contributed by atoms with Gasteiger partial charge in [0.1, 0.15) is 16.5 Å². The van der Waals surface area contributed by atoms with E-state index in [1.165, 1.54) is 0 Å². The van der Waals surface area contributed by atoms with Crippen LogP contribution in [0.2, 0.25) is 0 Å². The molecular weight excluding hydrogens is 224 g/mol. The molecule has 0 spiro atoms. The van der Waals surface area contributed by atoms with Crippen LogP contribution < -0.4 is 5.32 Å². The Balaban J connectivity index is 3.38. The maximum absolute atomic E-state index is 13.2. The third kappa shape index (κ3) is 2.53. The largest absolute Gasteiger partial charge is 0.360 e. The van der Waals surface area contributed by atoms with Gasteiger partial charge in [0.15, 0.2) is 9.84 Å². The first kappa shape index (κ1) is 11.6. The standard InChI is InChI=1S/C9H9F2NO2S/c1-3-12-8-4-7(11)9(5-6(8)10)15(2,13)14/h3-5,12H,1H2,2H3. The van der Waals surface area contributed by atoms with Gasteiger partial charge >= 0.3 is 0 Å². The van der Waals surface area contributed by atoms with Crippen LogP contribution in [0, 0.1) is 11.6 Å². The molecule has 6 heteroatoms. The van der Waals surface area contributed by atoms with Gasteiger partial charge in [0.05, 0.1) is 5.69 Å². The summed E-state index contributed by atoms with van der Waals surface area (Å²) in [5.74, 6) is -1.85. The maximum Gasteiger partial charge on any atom is 0.178 e. The Morgan fingerprint density at radius 2 is 1.93 bits per heavy atom. The first-order chi connectivity index (χ1) is 6.86. The number of sulfone groups is 1. The predicted octanol–water partition coefficient (Wildman–Crippen LogP) is 1.92. The van der Waals surface area contributed by atoms with Crippen molar-refractivity contribution in [1.82, 2.24) is 0 Å². The topological polar surface area (TPSA) is 46.2 Å². The van der Waals surface area contributed by atoms with Gasteiger partial charge in [-0.05, 0) is 12.3 Å². The van der Waals surface area contributed by atoms with Gasteiger partial charge in [-0.3, -0.25) is 0 Å². The molecule has 1 N–H and O–H groups in total. The third-order valence-electron chi connectivity index (χ3n) is 1.68. The summed E-state index contributed by atoms with van der Waals surface area (Å²) < 4.78 is 48.5. The second-order valence-electron chi connectivity index (χ2n) is 2.88. The van der Waals surface area contributed by atoms with E-state index in [4.69, 9.17) is 0 Å². The van der Waals surface area contributed by atoms with Gasteiger partial charge in [0, 0.05) is 12.3 Å². The highest BCUT2D eigenvalue weighted by Gasteiger charge is 2.17. The first-order valence-corrected chi connectivity index (χ1v) is 5.82. The molecule has 0 saturated carbocycles. The number of benzene rings is 1. The molecule has 0 amide bonds. The van der Waals surface area contributed by atoms with Crippen LogP contribution in [0.3, 0.4) is 0 Å². The van der Waals surface area contributed by atoms with Gasteiger partial charge in [-0.15, -0.1) is 0 Å². The molecule has 0 fully saturated rings. The predicted molar refractivity (Wildman–Crippen MR) is 53.3 cm³/mol. The van der Waals surface area contributed by atoms with Crippen molar-refractivity contribution in [2.75, 3.05) is 11.6 Å². The minimum absolute atomic E-state index is 0.157. The highest BCUT2D eigenvalue weighted by atomic mass is 32.2. The SMILES string of the molecule is C=CNc1cc(F)c(S(C)(=O)=O)cc1F. The molecule has 15 heavy (non-hydrogen) atoms. The number of hydrogen-bond donors (Lipinski definition) is 1. The van der Waals surface area contributed by atoms with E-state index in [1.807, 2.05) is 0 Å². The molecule has 0 unspecified atom stereocenters. The molecule has 1 rings (SSSR count). The van der Waals surface area contributed by atoms with E-state index in [9.17, 15) is 17.2 Å². The smallest absolute Gasteiger partial charge is 0.178 e. The van der Waals surface area contributed by atoms with Crippen LogP contribution in [0.15, 0.2) is 29.8 Å². The molecule has 82 valence electrons. The molecule has 1 aromatic carbocycles. The molecule has 0 saturated heterocycles. The molecule has 0 heterocycles. The zero-order valence-corrected chi connectivity index (χ0v) is 8.74. The van der Waals surface area contributed by atoms with E-state index in [0.29, 0.717) is 6.07 Å². The van der Waals surface area contributed by atoms with E-state index < -0.39 is 26.4 Å². The highest BCUT2D eigenvalue weighted by molar-refractivity contribution is 7.90. The second kappa shape index (κ2) is 3.98. The van der Waals surface area contributed by atoms with E-state index in [-0.39, 0.29) is 5.69 Å². The molecule has 1 aromatic rings. The van der Waals surface area contributed by atoms with Crippen molar-refractivity contribution in [3.05, 3.63) is 36.5 Å². The van der Waals surface area contributed by atoms with Gasteiger partial charge < -0.3 is 5.32 Å². The lowest BCUT2D eigenvalue weighted by Gasteiger charge is -2.06. The Hall–Kier alpha value is -1.43. The quantitative estimate of drug-likeness (QED) is 0.867. The first-order valence-electron chi connectivity index (χ1n) is 3.93. The van der Waals surface area contributed by atoms with Crippen LogP contribution in [0.1, 0.15) is 0 Å². The summed E-state index contributed by atoms with van der Waals surface area (Å²) in [6.07, 6.45) is 1.98. The summed E-state index contributed by atoms with van der Waals surface area (Å²) in [6, 6.07) is 1.41. The van der Waals surface area contributed by atoms with Crippen molar-refractivity contribution >= 4 is 15.5 Å². The van der Waals surface area contributed by atoms with Crippen molar-refractivity contribution in [2.45, 2.75) is 4.90 Å². The van der Waals surface area contributed by atoms with Crippen LogP contribution in [-0.2, 0) is 9.84 Å². The van der Waals surface area contributed by atoms with Crippen molar-refractivity contribution in [2.24, 2.45) is 0 Å². The highest BCUT2D eigenvalue weighted by Crippen LogP contribution is 2.22. The molecule has 0 aromatic heterocycles. The number of anilines is 1. The van der Waals surface area contributed by atoms with Gasteiger partial charge in [-0.25, -0.2) is 17.2 Å². The molecule has 3 nitrogen and oxygen atoms in total. The lowest BCUT2D eigenvalue weighted by molar-refractivity contribution is 0.558. The minimum atomic E-state index is -3.76. The lowest BCUT2D eigenvalue weighted by Crippen LogP contribution is -2.03. The summed E-state index contributed by atoms with van der Waals surface area (Å²) in [4.78, 5) is -0.658. The summed E-state index contributed by atoms with van der Waals surface area (Å²) in [5, 5.41) is 2.35. The van der Waals surface area contributed by atoms with Crippen LogP contribution in [0.4, 0.5) is 14.5 Å². The van der Waals surface area contributed by atoms with Crippen LogP contribution in [-0.4, -0.2) is 14.7 Å². The fraction of sp³-hybridized carbons (Fsp3) is 0.111. The fourth-order valence-corrected chi connectivity index (χ4v) is 1.76. The minimum Gasteiger partial charge on any atom is -0.360 e. The monoisotopic (exact) mass is 233 g/mol. The van der Waals surface area contributed by atoms with Gasteiger partial charge in [0.2, 0.25) is 0 Å². The van der Waals surface area contributed by atoms with Crippen LogP contribution in [0.25, 0.3) is 0 Å². The average Bonchev–Trinajstić information content (AvgIpc) is 2.09. The van der Waals surface area contributed by atoms with Gasteiger partial charge in [-0.1, -0.05) is 6.58 Å². The van der Waals surface area contributed by atoms with Crippen molar-refractivity contribution in [3.8, 4) is 0 Å². The van der Waals surface area contributed by atoms with E-state index >= 15 is 0 Å². The molecule has 0 radical (unpaired) electrons. The van der Waals surface area contributed by atoms with Crippen molar-refractivity contribution in [3.63, 3.8) is 0 Å². The summed E-state index contributed by atoms with van der Waals surface area (Å²) >= 11 is 0. The number of rotatable bonds is 3. The summed E-state index contributed by atoms with van der Waals surface area (Å²) in [5.41, 5.74) is -0.157. The Morgan fingerprint density at radius 1 is 1.33 bits per heavy atom. The van der Waals surface area contributed by atoms with Crippen LogP contribution >= 0.6 is 0 Å². The normalized spacial score (nSPS) is 11.1. The zero-order chi connectivity index (χ0) is 11.6. The van der Waals surface area contributed by atoms with Crippen molar-refractivity contribution in [1.29, 1.82) is 0 Å². The molecular formula is C9H9F2NO2S.